The molecule has 0 aliphatic carbocycles. The van der Waals surface area contributed by atoms with Gasteiger partial charge in [-0.15, -0.1) is 0 Å². The second kappa shape index (κ2) is 8.07. The van der Waals surface area contributed by atoms with Crippen LogP contribution in [0.5, 0.6) is 0 Å². The highest BCUT2D eigenvalue weighted by Gasteiger charge is 2.24. The van der Waals surface area contributed by atoms with Gasteiger partial charge in [0.25, 0.3) is 0 Å². The lowest BCUT2D eigenvalue weighted by atomic mass is 10.1. The van der Waals surface area contributed by atoms with E-state index in [1.165, 1.54) is 28.6 Å². The molecular formula is C19H23N5O3. The van der Waals surface area contributed by atoms with Gasteiger partial charge >= 0.3 is 6.03 Å². The molecule has 3 N–H and O–H groups in total. The van der Waals surface area contributed by atoms with Gasteiger partial charge in [-0.25, -0.2) is 4.79 Å². The topological polar surface area (TPSA) is 93.3 Å². The molecule has 1 aliphatic rings. The van der Waals surface area contributed by atoms with E-state index in [9.17, 15) is 9.90 Å². The van der Waals surface area contributed by atoms with Gasteiger partial charge in [-0.05, 0) is 30.8 Å². The Morgan fingerprint density at radius 1 is 1.41 bits per heavy atom. The lowest BCUT2D eigenvalue weighted by molar-refractivity contribution is 0.0740. The van der Waals surface area contributed by atoms with Gasteiger partial charge in [0, 0.05) is 32.3 Å². The summed E-state index contributed by atoms with van der Waals surface area (Å²) in [6.45, 7) is 0.787. The van der Waals surface area contributed by atoms with Crippen molar-refractivity contribution in [2.24, 2.45) is 5.10 Å². The zero-order valence-corrected chi connectivity index (χ0v) is 15.5. The molecule has 8 heteroatoms. The van der Waals surface area contributed by atoms with Crippen LogP contribution in [0.1, 0.15) is 11.3 Å². The molecule has 2 aromatic rings. The molecule has 1 unspecified atom stereocenters. The van der Waals surface area contributed by atoms with Crippen molar-refractivity contribution in [3.63, 3.8) is 0 Å². The highest BCUT2D eigenvalue weighted by Crippen LogP contribution is 2.22. The minimum Gasteiger partial charge on any atom is -0.455 e. The molecule has 27 heavy (non-hydrogen) atoms. The Morgan fingerprint density at radius 2 is 2.22 bits per heavy atom. The Bertz CT molecular complexity index is 874. The van der Waals surface area contributed by atoms with Crippen LogP contribution in [0.2, 0.25) is 0 Å². The van der Waals surface area contributed by atoms with E-state index in [1.807, 2.05) is 31.3 Å². The first-order valence-electron chi connectivity index (χ1n) is 8.53. The first-order chi connectivity index (χ1) is 13.0. The van der Waals surface area contributed by atoms with Crippen LogP contribution in [0.3, 0.4) is 0 Å². The van der Waals surface area contributed by atoms with Crippen LogP contribution in [0, 0.1) is 0 Å². The van der Waals surface area contributed by atoms with Crippen LogP contribution in [0.25, 0.3) is 11.3 Å². The third kappa shape index (κ3) is 4.36. The lowest BCUT2D eigenvalue weighted by Gasteiger charge is -2.30. The molecule has 2 amide bonds. The van der Waals surface area contributed by atoms with Crippen molar-refractivity contribution in [1.29, 1.82) is 0 Å². The van der Waals surface area contributed by atoms with Crippen molar-refractivity contribution >= 4 is 12.2 Å². The maximum absolute atomic E-state index is 11.7. The number of nitrogens with one attached hydrogen (secondary N) is 2. The second-order valence-corrected chi connectivity index (χ2v) is 6.21. The molecule has 1 atom stereocenters. The molecule has 0 saturated carbocycles. The number of hydrazone groups is 1. The van der Waals surface area contributed by atoms with E-state index in [0.29, 0.717) is 11.6 Å². The first-order valence-corrected chi connectivity index (χ1v) is 8.53. The zero-order chi connectivity index (χ0) is 19.4. The number of aliphatic hydroxyl groups is 1. The van der Waals surface area contributed by atoms with Gasteiger partial charge in [0.2, 0.25) is 0 Å². The Kier molecular flexibility index (Phi) is 5.58. The van der Waals surface area contributed by atoms with Gasteiger partial charge in [-0.3, -0.25) is 15.2 Å². The van der Waals surface area contributed by atoms with Crippen molar-refractivity contribution in [2.45, 2.75) is 12.8 Å². The Hall–Kier alpha value is -3.10. The Morgan fingerprint density at radius 3 is 2.96 bits per heavy atom. The van der Waals surface area contributed by atoms with E-state index < -0.39 is 12.3 Å². The average molecular weight is 369 g/mol. The van der Waals surface area contributed by atoms with E-state index in [4.69, 9.17) is 4.42 Å². The second-order valence-electron chi connectivity index (χ2n) is 6.21. The molecule has 0 bridgehead atoms. The summed E-state index contributed by atoms with van der Waals surface area (Å²) < 4.78 is 5.84. The van der Waals surface area contributed by atoms with E-state index >= 15 is 0 Å². The molecule has 0 fully saturated rings. The number of urea groups is 1. The summed E-state index contributed by atoms with van der Waals surface area (Å²) in [5.74, 6) is 1.73. The van der Waals surface area contributed by atoms with Crippen LogP contribution in [0.4, 0.5) is 4.79 Å². The fourth-order valence-electron chi connectivity index (χ4n) is 2.62. The number of hydrogen-bond acceptors (Lipinski definition) is 6. The maximum atomic E-state index is 11.7. The summed E-state index contributed by atoms with van der Waals surface area (Å²) in [6, 6.07) is 11.4. The summed E-state index contributed by atoms with van der Waals surface area (Å²) >= 11 is 0. The molecule has 3 rings (SSSR count). The molecule has 1 aromatic carbocycles. The highest BCUT2D eigenvalue weighted by molar-refractivity contribution is 5.78. The number of aliphatic hydroxyl groups excluding tert-OH is 1. The summed E-state index contributed by atoms with van der Waals surface area (Å²) in [6.07, 6.45) is 2.06. The fourth-order valence-corrected chi connectivity index (χ4v) is 2.62. The van der Waals surface area contributed by atoms with Crippen molar-refractivity contribution in [3.05, 3.63) is 59.6 Å². The minimum absolute atomic E-state index is 0.397. The number of rotatable bonds is 6. The van der Waals surface area contributed by atoms with Crippen LogP contribution < -0.4 is 10.6 Å². The van der Waals surface area contributed by atoms with Crippen LogP contribution in [-0.4, -0.2) is 54.6 Å². The van der Waals surface area contributed by atoms with Crippen molar-refractivity contribution < 1.29 is 14.3 Å². The number of hydrogen-bond donors (Lipinski definition) is 3. The van der Waals surface area contributed by atoms with Crippen molar-refractivity contribution in [2.75, 3.05) is 21.1 Å². The van der Waals surface area contributed by atoms with Gasteiger partial charge < -0.3 is 14.8 Å². The van der Waals surface area contributed by atoms with Crippen LogP contribution in [0.15, 0.2) is 57.8 Å². The van der Waals surface area contributed by atoms with Crippen molar-refractivity contribution in [1.82, 2.24) is 20.5 Å². The number of benzene rings is 1. The quantitative estimate of drug-likeness (QED) is 0.533. The molecule has 2 heterocycles. The van der Waals surface area contributed by atoms with E-state index in [2.05, 4.69) is 27.9 Å². The number of nitrogens with zero attached hydrogens (tertiary/aromatic N) is 3. The SMILES string of the molecule is CNCc1cccc(-c2ccc(C=NN(C)C3=CC(O)N(C)C(=O)N3)o2)c1. The normalized spacial score (nSPS) is 17.2. The third-order valence-electron chi connectivity index (χ3n) is 4.19. The van der Waals surface area contributed by atoms with Gasteiger partial charge in [0.05, 0.1) is 6.21 Å². The minimum atomic E-state index is -0.994. The highest BCUT2D eigenvalue weighted by atomic mass is 16.3. The number of carbonyl (C=O) groups is 1. The summed E-state index contributed by atoms with van der Waals surface area (Å²) in [5, 5.41) is 21.3. The van der Waals surface area contributed by atoms with Gasteiger partial charge in [0.15, 0.2) is 6.23 Å². The van der Waals surface area contributed by atoms with Gasteiger partial charge in [-0.1, -0.05) is 18.2 Å². The predicted molar refractivity (Wildman–Crippen MR) is 103 cm³/mol. The van der Waals surface area contributed by atoms with Gasteiger partial charge in [0.1, 0.15) is 17.3 Å². The fraction of sp³-hybridized carbons (Fsp3) is 0.263. The smallest absolute Gasteiger partial charge is 0.325 e. The molecule has 0 radical (unpaired) electrons. The molecule has 0 saturated heterocycles. The lowest BCUT2D eigenvalue weighted by Crippen LogP contribution is -2.49. The Balaban J connectivity index is 1.71. The van der Waals surface area contributed by atoms with Crippen LogP contribution >= 0.6 is 0 Å². The number of amides is 2. The molecule has 8 nitrogen and oxygen atoms in total. The first kappa shape index (κ1) is 18.7. The standard InChI is InChI=1S/C19H23N5O3/c1-20-11-13-5-4-6-14(9-13)16-8-7-15(27-16)12-21-24(3)17-10-18(25)23(2)19(26)22-17/h4-10,12,18,20,25H,11H2,1-3H3,(H,22,26). The van der Waals surface area contributed by atoms with E-state index in [0.717, 1.165) is 17.9 Å². The predicted octanol–water partition coefficient (Wildman–Crippen LogP) is 1.75. The molecular weight excluding hydrogens is 346 g/mol. The number of carbonyl (C=O) groups excluding carboxylic acids is 1. The largest absolute Gasteiger partial charge is 0.455 e. The van der Waals surface area contributed by atoms with Crippen LogP contribution in [-0.2, 0) is 6.54 Å². The molecule has 1 aliphatic heterocycles. The van der Waals surface area contributed by atoms with Gasteiger partial charge in [-0.2, -0.15) is 5.10 Å². The molecule has 0 spiro atoms. The summed E-state index contributed by atoms with van der Waals surface area (Å²) in [5.41, 5.74) is 2.16. The number of furan rings is 1. The van der Waals surface area contributed by atoms with E-state index in [1.54, 1.807) is 13.3 Å². The molecule has 1 aromatic heterocycles. The maximum Gasteiger partial charge on any atom is 0.325 e. The van der Waals surface area contributed by atoms with E-state index in [-0.39, 0.29) is 0 Å². The summed E-state index contributed by atoms with van der Waals surface area (Å²) in [7, 11) is 5.09. The molecule has 142 valence electrons. The summed E-state index contributed by atoms with van der Waals surface area (Å²) in [4.78, 5) is 12.9. The Labute approximate surface area is 157 Å². The average Bonchev–Trinajstić information content (AvgIpc) is 3.13. The van der Waals surface area contributed by atoms with Crippen molar-refractivity contribution in [3.8, 4) is 11.3 Å². The zero-order valence-electron chi connectivity index (χ0n) is 15.5. The third-order valence-corrected chi connectivity index (χ3v) is 4.19. The number of likely N-dealkylation sites (N-methyl/N-ethyl adjacent to an activating group) is 1. The monoisotopic (exact) mass is 369 g/mol.